The molecule has 1 aromatic heterocycles. The molecule has 0 spiro atoms. The van der Waals surface area contributed by atoms with Crippen molar-refractivity contribution in [3.63, 3.8) is 0 Å². The van der Waals surface area contributed by atoms with Crippen molar-refractivity contribution in [1.29, 1.82) is 0 Å². The van der Waals surface area contributed by atoms with Gasteiger partial charge < -0.3 is 19.7 Å². The average Bonchev–Trinajstić information content (AvgIpc) is 2.53. The zero-order chi connectivity index (χ0) is 17.1. The van der Waals surface area contributed by atoms with Gasteiger partial charge in [-0.3, -0.25) is 9.36 Å². The number of nitrogens with zero attached hydrogens (tertiary/aromatic N) is 1. The Hall–Kier alpha value is -3.14. The first-order valence-corrected chi connectivity index (χ1v) is 6.60. The number of pyridine rings is 1. The van der Waals surface area contributed by atoms with Gasteiger partial charge in [0.2, 0.25) is 0 Å². The molecule has 120 valence electrons. The number of fused-ring (bicyclic) bond motifs is 1. The van der Waals surface area contributed by atoms with Gasteiger partial charge in [0.1, 0.15) is 5.75 Å². The van der Waals surface area contributed by atoms with E-state index >= 15 is 0 Å². The van der Waals surface area contributed by atoms with Crippen LogP contribution in [0.1, 0.15) is 17.3 Å². The van der Waals surface area contributed by atoms with Crippen molar-refractivity contribution in [3.8, 4) is 29.1 Å². The molecule has 0 atom stereocenters. The summed E-state index contributed by atoms with van der Waals surface area (Å²) in [6.45, 7) is 1.59. The quantitative estimate of drug-likeness (QED) is 0.828. The van der Waals surface area contributed by atoms with Crippen LogP contribution < -0.4 is 15.0 Å². The highest BCUT2D eigenvalue weighted by Crippen LogP contribution is 2.36. The molecule has 0 amide bonds. The average molecular weight is 317 g/mol. The zero-order valence-corrected chi connectivity index (χ0v) is 12.8. The van der Waals surface area contributed by atoms with Crippen LogP contribution in [0, 0.1) is 11.8 Å². The van der Waals surface area contributed by atoms with Crippen LogP contribution >= 0.6 is 0 Å². The Morgan fingerprint density at radius 2 is 1.87 bits per heavy atom. The first kappa shape index (κ1) is 16.2. The number of carbonyl (C=O) groups is 1. The highest BCUT2D eigenvalue weighted by molar-refractivity contribution is 5.99. The Morgan fingerprint density at radius 3 is 2.39 bits per heavy atom. The summed E-state index contributed by atoms with van der Waals surface area (Å²) in [6.07, 6.45) is 0. The number of aromatic hydroxyl groups is 1. The molecule has 7 nitrogen and oxygen atoms in total. The van der Waals surface area contributed by atoms with Crippen molar-refractivity contribution in [2.24, 2.45) is 0 Å². The van der Waals surface area contributed by atoms with Gasteiger partial charge in [-0.05, 0) is 13.0 Å². The maximum atomic E-state index is 12.4. The highest BCUT2D eigenvalue weighted by Gasteiger charge is 2.23. The Bertz CT molecular complexity index is 901. The SMILES string of the molecule is CC#CCn1c(=O)c(C(=O)O)c(O)c2cc(OC)c(OC)cc21. The molecular formula is C16H15NO6. The van der Waals surface area contributed by atoms with Crippen molar-refractivity contribution >= 4 is 16.9 Å². The molecule has 1 aromatic carbocycles. The molecule has 0 bridgehead atoms. The van der Waals surface area contributed by atoms with E-state index in [1.165, 1.54) is 30.9 Å². The van der Waals surface area contributed by atoms with E-state index in [0.29, 0.717) is 17.0 Å². The van der Waals surface area contributed by atoms with Gasteiger partial charge in [0.15, 0.2) is 17.1 Å². The standard InChI is InChI=1S/C16H15NO6/c1-4-5-6-17-10-8-12(23-3)11(22-2)7-9(10)14(18)13(15(17)19)16(20)21/h7-8,18H,6H2,1-3H3,(H,20,21). The van der Waals surface area contributed by atoms with Gasteiger partial charge in [-0.2, -0.15) is 0 Å². The first-order chi connectivity index (χ1) is 11.0. The third-order valence-electron chi connectivity index (χ3n) is 3.37. The summed E-state index contributed by atoms with van der Waals surface area (Å²) in [5.74, 6) is 3.89. The van der Waals surface area contributed by atoms with Gasteiger partial charge in [-0.1, -0.05) is 5.92 Å². The van der Waals surface area contributed by atoms with E-state index in [-0.39, 0.29) is 11.9 Å². The molecule has 0 aliphatic rings. The fourth-order valence-corrected chi connectivity index (χ4v) is 2.27. The minimum Gasteiger partial charge on any atom is -0.506 e. The van der Waals surface area contributed by atoms with E-state index in [0.717, 1.165) is 0 Å². The van der Waals surface area contributed by atoms with E-state index in [9.17, 15) is 19.8 Å². The van der Waals surface area contributed by atoms with Crippen LogP contribution in [0.3, 0.4) is 0 Å². The van der Waals surface area contributed by atoms with Gasteiger partial charge in [0.05, 0.1) is 26.3 Å². The van der Waals surface area contributed by atoms with Crippen molar-refractivity contribution < 1.29 is 24.5 Å². The normalized spacial score (nSPS) is 10.0. The number of ether oxygens (including phenoxy) is 2. The molecule has 2 N–H and O–H groups in total. The number of benzene rings is 1. The summed E-state index contributed by atoms with van der Waals surface area (Å²) in [5, 5.41) is 19.6. The van der Waals surface area contributed by atoms with Gasteiger partial charge >= 0.3 is 5.97 Å². The predicted molar refractivity (Wildman–Crippen MR) is 83.4 cm³/mol. The van der Waals surface area contributed by atoms with E-state index in [2.05, 4.69) is 11.8 Å². The molecule has 0 radical (unpaired) electrons. The maximum absolute atomic E-state index is 12.4. The van der Waals surface area contributed by atoms with Gasteiger partial charge in [0, 0.05) is 11.5 Å². The summed E-state index contributed by atoms with van der Waals surface area (Å²) >= 11 is 0. The molecule has 0 fully saturated rings. The van der Waals surface area contributed by atoms with E-state index in [4.69, 9.17) is 9.47 Å². The summed E-state index contributed by atoms with van der Waals surface area (Å²) in [6, 6.07) is 2.92. The van der Waals surface area contributed by atoms with Gasteiger partial charge in [-0.25, -0.2) is 4.79 Å². The number of aromatic carboxylic acids is 1. The van der Waals surface area contributed by atoms with Gasteiger partial charge in [-0.15, -0.1) is 5.92 Å². The molecule has 0 aliphatic carbocycles. The van der Waals surface area contributed by atoms with Crippen LogP contribution in [0.5, 0.6) is 17.2 Å². The Balaban J connectivity index is 3.01. The Labute approximate surface area is 131 Å². The lowest BCUT2D eigenvalue weighted by molar-refractivity contribution is 0.0691. The minimum absolute atomic E-state index is 0.0120. The Morgan fingerprint density at radius 1 is 1.26 bits per heavy atom. The summed E-state index contributed by atoms with van der Waals surface area (Å²) in [4.78, 5) is 23.7. The zero-order valence-electron chi connectivity index (χ0n) is 12.8. The molecule has 2 rings (SSSR count). The number of aromatic nitrogens is 1. The molecule has 0 unspecified atom stereocenters. The van der Waals surface area contributed by atoms with Crippen molar-refractivity contribution in [2.45, 2.75) is 13.5 Å². The predicted octanol–water partition coefficient (Wildman–Crippen LogP) is 1.45. The summed E-state index contributed by atoms with van der Waals surface area (Å²) in [5.41, 5.74) is -1.24. The topological polar surface area (TPSA) is 98.0 Å². The molecule has 2 aromatic rings. The third kappa shape index (κ3) is 2.66. The molecule has 0 saturated carbocycles. The second-order valence-corrected chi connectivity index (χ2v) is 4.57. The van der Waals surface area contributed by atoms with Crippen LogP contribution in [0.2, 0.25) is 0 Å². The van der Waals surface area contributed by atoms with Crippen molar-refractivity contribution in [3.05, 3.63) is 28.0 Å². The lowest BCUT2D eigenvalue weighted by Crippen LogP contribution is -2.26. The van der Waals surface area contributed by atoms with Crippen LogP contribution in [0.4, 0.5) is 0 Å². The third-order valence-corrected chi connectivity index (χ3v) is 3.37. The summed E-state index contributed by atoms with van der Waals surface area (Å²) < 4.78 is 11.5. The van der Waals surface area contributed by atoms with Gasteiger partial charge in [0.25, 0.3) is 5.56 Å². The number of carboxylic acid groups (broad SMARTS) is 1. The van der Waals surface area contributed by atoms with Crippen LogP contribution in [0.25, 0.3) is 10.9 Å². The second kappa shape index (κ2) is 6.32. The van der Waals surface area contributed by atoms with E-state index in [1.807, 2.05) is 0 Å². The molecule has 0 saturated heterocycles. The molecule has 1 heterocycles. The number of carboxylic acids is 1. The largest absolute Gasteiger partial charge is 0.506 e. The fourth-order valence-electron chi connectivity index (χ4n) is 2.27. The molecule has 7 heteroatoms. The summed E-state index contributed by atoms with van der Waals surface area (Å²) in [7, 11) is 2.85. The smallest absolute Gasteiger partial charge is 0.345 e. The number of rotatable bonds is 4. The van der Waals surface area contributed by atoms with E-state index in [1.54, 1.807) is 6.92 Å². The molecule has 0 aliphatic heterocycles. The van der Waals surface area contributed by atoms with E-state index < -0.39 is 22.8 Å². The van der Waals surface area contributed by atoms with Crippen molar-refractivity contribution in [1.82, 2.24) is 4.57 Å². The van der Waals surface area contributed by atoms with Crippen LogP contribution in [-0.2, 0) is 6.54 Å². The lowest BCUT2D eigenvalue weighted by atomic mass is 10.1. The highest BCUT2D eigenvalue weighted by atomic mass is 16.5. The maximum Gasteiger partial charge on any atom is 0.345 e. The van der Waals surface area contributed by atoms with Crippen molar-refractivity contribution in [2.75, 3.05) is 14.2 Å². The fraction of sp³-hybridized carbons (Fsp3) is 0.250. The van der Waals surface area contributed by atoms with Crippen LogP contribution in [0.15, 0.2) is 16.9 Å². The number of methoxy groups -OCH3 is 2. The molecular weight excluding hydrogens is 302 g/mol. The van der Waals surface area contributed by atoms with Crippen LogP contribution in [-0.4, -0.2) is 35.0 Å². The number of hydrogen-bond acceptors (Lipinski definition) is 5. The molecule has 23 heavy (non-hydrogen) atoms. The first-order valence-electron chi connectivity index (χ1n) is 6.60. The second-order valence-electron chi connectivity index (χ2n) is 4.57. The monoisotopic (exact) mass is 317 g/mol. The lowest BCUT2D eigenvalue weighted by Gasteiger charge is -2.15. The Kier molecular flexibility index (Phi) is 4.46. The number of hydrogen-bond donors (Lipinski definition) is 2. The minimum atomic E-state index is -1.51.